The third-order valence-electron chi connectivity index (χ3n) is 3.93. The van der Waals surface area contributed by atoms with Crippen molar-refractivity contribution < 1.29 is 19.1 Å². The molecule has 2 aromatic heterocycles. The molecule has 0 spiro atoms. The fourth-order valence-corrected chi connectivity index (χ4v) is 3.97. The summed E-state index contributed by atoms with van der Waals surface area (Å²) >= 11 is 2.75. The van der Waals surface area contributed by atoms with Crippen LogP contribution < -0.4 is 21.1 Å². The number of thiophene rings is 1. The topological polar surface area (TPSA) is 113 Å². The van der Waals surface area contributed by atoms with E-state index in [0.29, 0.717) is 31.1 Å². The van der Waals surface area contributed by atoms with Gasteiger partial charge in [-0.25, -0.2) is 4.98 Å². The molecule has 0 bridgehead atoms. The molecule has 28 heavy (non-hydrogen) atoms. The van der Waals surface area contributed by atoms with Crippen molar-refractivity contribution in [2.24, 2.45) is 0 Å². The average molecular weight is 424 g/mol. The highest BCUT2D eigenvalue weighted by atomic mass is 32.1. The van der Waals surface area contributed by atoms with Crippen molar-refractivity contribution in [1.29, 1.82) is 0 Å². The van der Waals surface area contributed by atoms with Crippen molar-refractivity contribution >= 4 is 45.5 Å². The highest BCUT2D eigenvalue weighted by Crippen LogP contribution is 2.21. The highest BCUT2D eigenvalue weighted by Gasteiger charge is 2.17. The van der Waals surface area contributed by atoms with Crippen LogP contribution in [0.3, 0.4) is 0 Å². The molecule has 0 radical (unpaired) electrons. The zero-order chi connectivity index (χ0) is 19.8. The molecule has 3 amide bonds. The molecule has 2 aromatic rings. The lowest BCUT2D eigenvalue weighted by atomic mass is 10.3. The minimum Gasteiger partial charge on any atom is -0.378 e. The molecule has 0 aromatic carbocycles. The number of amides is 3. The monoisotopic (exact) mass is 423 g/mol. The van der Waals surface area contributed by atoms with Crippen molar-refractivity contribution in [3.8, 4) is 0 Å². The van der Waals surface area contributed by atoms with E-state index in [4.69, 9.17) is 4.74 Å². The van der Waals surface area contributed by atoms with E-state index in [1.807, 2.05) is 11.4 Å². The highest BCUT2D eigenvalue weighted by molar-refractivity contribution is 7.14. The second-order valence-corrected chi connectivity index (χ2v) is 7.74. The van der Waals surface area contributed by atoms with Crippen LogP contribution in [0.15, 0.2) is 22.9 Å². The Morgan fingerprint density at radius 2 is 1.96 bits per heavy atom. The summed E-state index contributed by atoms with van der Waals surface area (Å²) in [7, 11) is 0. The third-order valence-corrected chi connectivity index (χ3v) is 5.70. The number of carbonyl (C=O) groups excluding carboxylic acids is 3. The summed E-state index contributed by atoms with van der Waals surface area (Å²) in [4.78, 5) is 42.7. The van der Waals surface area contributed by atoms with Gasteiger partial charge in [0, 0.05) is 31.4 Å². The zero-order valence-electron chi connectivity index (χ0n) is 15.1. The first-order valence-electron chi connectivity index (χ1n) is 8.82. The number of nitrogens with zero attached hydrogens (tertiary/aromatic N) is 2. The molecule has 0 saturated carbocycles. The van der Waals surface area contributed by atoms with Gasteiger partial charge in [-0.05, 0) is 17.9 Å². The summed E-state index contributed by atoms with van der Waals surface area (Å²) in [5.74, 6) is -0.944. The number of ether oxygens (including phenoxy) is 1. The normalized spacial score (nSPS) is 13.8. The lowest BCUT2D eigenvalue weighted by Gasteiger charge is -2.25. The Labute approximate surface area is 170 Å². The Kier molecular flexibility index (Phi) is 7.34. The number of carbonyl (C=O) groups is 3. The number of hydrogen-bond acceptors (Lipinski definition) is 8. The van der Waals surface area contributed by atoms with Gasteiger partial charge < -0.3 is 15.0 Å². The second kappa shape index (κ2) is 10.2. The third kappa shape index (κ3) is 5.75. The van der Waals surface area contributed by atoms with Gasteiger partial charge in [-0.2, -0.15) is 0 Å². The van der Waals surface area contributed by atoms with Gasteiger partial charge in [-0.15, -0.1) is 22.7 Å². The maximum absolute atomic E-state index is 12.1. The molecule has 1 saturated heterocycles. The maximum Gasteiger partial charge on any atom is 0.289 e. The first kappa shape index (κ1) is 20.2. The summed E-state index contributed by atoms with van der Waals surface area (Å²) < 4.78 is 5.30. The van der Waals surface area contributed by atoms with Crippen LogP contribution in [-0.4, -0.2) is 55.6 Å². The number of hydrogen-bond donors (Lipinski definition) is 3. The molecule has 1 aliphatic heterocycles. The number of hydrazine groups is 1. The van der Waals surface area contributed by atoms with Crippen molar-refractivity contribution in [2.75, 3.05) is 37.7 Å². The molecule has 3 heterocycles. The predicted molar refractivity (Wildman–Crippen MR) is 107 cm³/mol. The number of nitrogens with one attached hydrogen (secondary N) is 3. The summed E-state index contributed by atoms with van der Waals surface area (Å²) in [5, 5.41) is 7.00. The first-order chi connectivity index (χ1) is 13.6. The molecule has 9 nitrogen and oxygen atoms in total. The smallest absolute Gasteiger partial charge is 0.289 e. The van der Waals surface area contributed by atoms with Crippen LogP contribution in [0.5, 0.6) is 0 Å². The van der Waals surface area contributed by atoms with E-state index < -0.39 is 5.91 Å². The van der Waals surface area contributed by atoms with Gasteiger partial charge in [0.05, 0.1) is 18.1 Å². The molecule has 0 unspecified atom stereocenters. The molecule has 3 rings (SSSR count). The van der Waals surface area contributed by atoms with Gasteiger partial charge in [0.2, 0.25) is 5.91 Å². The molecule has 3 N–H and O–H groups in total. The van der Waals surface area contributed by atoms with Gasteiger partial charge in [-0.1, -0.05) is 6.07 Å². The van der Waals surface area contributed by atoms with E-state index in [-0.39, 0.29) is 23.9 Å². The van der Waals surface area contributed by atoms with Crippen LogP contribution in [-0.2, 0) is 9.53 Å². The molecule has 150 valence electrons. The summed E-state index contributed by atoms with van der Waals surface area (Å²) in [6, 6.07) is 3.55. The van der Waals surface area contributed by atoms with E-state index in [1.54, 1.807) is 11.4 Å². The van der Waals surface area contributed by atoms with Crippen LogP contribution in [0, 0.1) is 0 Å². The van der Waals surface area contributed by atoms with Gasteiger partial charge in [0.15, 0.2) is 5.13 Å². The lowest BCUT2D eigenvalue weighted by Crippen LogP contribution is -2.42. The fraction of sp³-hybridized carbons (Fsp3) is 0.412. The summed E-state index contributed by atoms with van der Waals surface area (Å²) in [6.07, 6.45) is 0.651. The van der Waals surface area contributed by atoms with Gasteiger partial charge >= 0.3 is 0 Å². The zero-order valence-corrected chi connectivity index (χ0v) is 16.7. The Balaban J connectivity index is 1.33. The van der Waals surface area contributed by atoms with Crippen LogP contribution in [0.2, 0.25) is 0 Å². The Hall–Kier alpha value is -2.50. The molecule has 1 aliphatic rings. The van der Waals surface area contributed by atoms with E-state index in [0.717, 1.165) is 18.2 Å². The molecule has 0 aliphatic carbocycles. The van der Waals surface area contributed by atoms with Crippen molar-refractivity contribution in [2.45, 2.75) is 12.8 Å². The molecule has 0 atom stereocenters. The molecular weight excluding hydrogens is 402 g/mol. The second-order valence-electron chi connectivity index (χ2n) is 5.95. The van der Waals surface area contributed by atoms with Crippen molar-refractivity contribution in [3.63, 3.8) is 0 Å². The summed E-state index contributed by atoms with van der Waals surface area (Å²) in [6.45, 7) is 3.16. The first-order valence-corrected chi connectivity index (χ1v) is 10.6. The number of anilines is 1. The van der Waals surface area contributed by atoms with Crippen LogP contribution in [0.25, 0.3) is 0 Å². The van der Waals surface area contributed by atoms with Gasteiger partial charge in [-0.3, -0.25) is 25.2 Å². The Morgan fingerprint density at radius 3 is 2.71 bits per heavy atom. The Morgan fingerprint density at radius 1 is 1.14 bits per heavy atom. The fourth-order valence-electron chi connectivity index (χ4n) is 2.47. The Bertz CT molecular complexity index is 802. The van der Waals surface area contributed by atoms with Crippen LogP contribution >= 0.6 is 22.7 Å². The number of rotatable bonds is 7. The maximum atomic E-state index is 12.1. The average Bonchev–Trinajstić information content (AvgIpc) is 3.42. The minimum absolute atomic E-state index is 0.150. The van der Waals surface area contributed by atoms with Crippen LogP contribution in [0.4, 0.5) is 5.13 Å². The van der Waals surface area contributed by atoms with E-state index in [2.05, 4.69) is 26.1 Å². The van der Waals surface area contributed by atoms with Gasteiger partial charge in [0.25, 0.3) is 11.8 Å². The van der Waals surface area contributed by atoms with Gasteiger partial charge in [0.1, 0.15) is 5.69 Å². The van der Waals surface area contributed by atoms with Crippen LogP contribution in [0.1, 0.15) is 33.0 Å². The van der Waals surface area contributed by atoms with Crippen molar-refractivity contribution in [1.82, 2.24) is 21.2 Å². The SMILES string of the molecule is O=C(CCCNC(=O)c1cccs1)NNC(=O)c1csc(N2CCOCC2)n1. The standard InChI is InChI=1S/C17H21N5O4S2/c23-14(4-1-5-18-16(25)13-3-2-10-27-13)20-21-15(24)12-11-28-17(19-12)22-6-8-26-9-7-22/h2-3,10-11H,1,4-9H2,(H,18,25)(H,20,23)(H,21,24). The van der Waals surface area contributed by atoms with E-state index >= 15 is 0 Å². The van der Waals surface area contributed by atoms with E-state index in [1.165, 1.54) is 22.7 Å². The van der Waals surface area contributed by atoms with Crippen molar-refractivity contribution in [3.05, 3.63) is 33.5 Å². The summed E-state index contributed by atoms with van der Waals surface area (Å²) in [5.41, 5.74) is 4.99. The number of thiazole rings is 1. The number of morpholine rings is 1. The quantitative estimate of drug-likeness (QED) is 0.453. The van der Waals surface area contributed by atoms with E-state index in [9.17, 15) is 14.4 Å². The largest absolute Gasteiger partial charge is 0.378 e. The molecule has 1 fully saturated rings. The molecule has 11 heteroatoms. The predicted octanol–water partition coefficient (Wildman–Crippen LogP) is 1.01. The number of aromatic nitrogens is 1. The minimum atomic E-state index is -0.463. The molecular formula is C17H21N5O4S2. The lowest BCUT2D eigenvalue weighted by molar-refractivity contribution is -0.121.